The van der Waals surface area contributed by atoms with E-state index in [2.05, 4.69) is 4.98 Å². The van der Waals surface area contributed by atoms with Gasteiger partial charge >= 0.3 is 6.03 Å². The number of anilines is 2. The molecule has 0 bridgehead atoms. The van der Waals surface area contributed by atoms with Crippen LogP contribution >= 0.6 is 0 Å². The Bertz CT molecular complexity index is 807. The second kappa shape index (κ2) is 6.51. The Morgan fingerprint density at radius 1 is 1.16 bits per heavy atom. The predicted octanol–water partition coefficient (Wildman–Crippen LogP) is 2.64. The Morgan fingerprint density at radius 2 is 1.84 bits per heavy atom. The molecule has 7 heteroatoms. The number of carbonyl (C=O) groups excluding carboxylic acids is 2. The minimum absolute atomic E-state index is 0.170. The van der Waals surface area contributed by atoms with E-state index in [4.69, 9.17) is 0 Å². The van der Waals surface area contributed by atoms with Crippen molar-refractivity contribution >= 4 is 23.4 Å². The van der Waals surface area contributed by atoms with E-state index in [0.717, 1.165) is 11.4 Å². The number of benzene rings is 1. The molecule has 2 heterocycles. The van der Waals surface area contributed by atoms with Crippen molar-refractivity contribution in [1.82, 2.24) is 9.88 Å². The second-order valence-corrected chi connectivity index (χ2v) is 6.15. The van der Waals surface area contributed by atoms with Crippen molar-refractivity contribution in [3.63, 3.8) is 0 Å². The molecule has 2 aromatic rings. The predicted molar refractivity (Wildman–Crippen MR) is 92.9 cm³/mol. The molecule has 1 aliphatic rings. The van der Waals surface area contributed by atoms with Crippen molar-refractivity contribution < 1.29 is 14.0 Å². The standard InChI is InChI=1S/C18H19FN4O2/c1-12-17(24)22(11-13-8-9-20-16(10-13)21(2)3)18(25)23(12)15-6-4-14(19)5-7-15/h4-10,12H,11H2,1-3H3/t12-/m0/s1. The topological polar surface area (TPSA) is 56.8 Å². The zero-order chi connectivity index (χ0) is 18.1. The number of imide groups is 1. The first kappa shape index (κ1) is 16.9. The summed E-state index contributed by atoms with van der Waals surface area (Å²) in [5.41, 5.74) is 1.31. The van der Waals surface area contributed by atoms with E-state index in [1.54, 1.807) is 19.2 Å². The zero-order valence-electron chi connectivity index (χ0n) is 14.3. The molecule has 1 aromatic heterocycles. The van der Waals surface area contributed by atoms with Crippen LogP contribution in [0.4, 0.5) is 20.7 Å². The fraction of sp³-hybridized carbons (Fsp3) is 0.278. The Kier molecular flexibility index (Phi) is 4.39. The fourth-order valence-electron chi connectivity index (χ4n) is 2.79. The Labute approximate surface area is 145 Å². The third-order valence-electron chi connectivity index (χ3n) is 4.16. The second-order valence-electron chi connectivity index (χ2n) is 6.15. The van der Waals surface area contributed by atoms with Gasteiger partial charge in [0, 0.05) is 26.0 Å². The molecule has 0 N–H and O–H groups in total. The molecule has 25 heavy (non-hydrogen) atoms. The third-order valence-corrected chi connectivity index (χ3v) is 4.16. The average Bonchev–Trinajstić information content (AvgIpc) is 2.80. The van der Waals surface area contributed by atoms with Crippen molar-refractivity contribution in [2.24, 2.45) is 0 Å². The molecule has 3 amide bonds. The number of nitrogens with zero attached hydrogens (tertiary/aromatic N) is 4. The van der Waals surface area contributed by atoms with E-state index in [9.17, 15) is 14.0 Å². The molecule has 1 atom stereocenters. The lowest BCUT2D eigenvalue weighted by Gasteiger charge is -2.19. The van der Waals surface area contributed by atoms with Crippen LogP contribution in [0.2, 0.25) is 0 Å². The molecule has 1 aromatic carbocycles. The van der Waals surface area contributed by atoms with Crippen molar-refractivity contribution in [3.05, 3.63) is 54.0 Å². The largest absolute Gasteiger partial charge is 0.363 e. The number of amides is 3. The Morgan fingerprint density at radius 3 is 2.48 bits per heavy atom. The zero-order valence-corrected chi connectivity index (χ0v) is 14.3. The first-order valence-electron chi connectivity index (χ1n) is 7.91. The van der Waals surface area contributed by atoms with E-state index >= 15 is 0 Å². The highest BCUT2D eigenvalue weighted by atomic mass is 19.1. The van der Waals surface area contributed by atoms with Crippen LogP contribution in [0, 0.1) is 5.82 Å². The average molecular weight is 342 g/mol. The summed E-state index contributed by atoms with van der Waals surface area (Å²) in [6.07, 6.45) is 1.65. The van der Waals surface area contributed by atoms with Crippen LogP contribution in [0.15, 0.2) is 42.6 Å². The minimum Gasteiger partial charge on any atom is -0.363 e. The smallest absolute Gasteiger partial charge is 0.332 e. The Hall–Kier alpha value is -2.96. The van der Waals surface area contributed by atoms with Gasteiger partial charge in [-0.1, -0.05) is 0 Å². The summed E-state index contributed by atoms with van der Waals surface area (Å²) in [7, 11) is 3.74. The molecule has 0 unspecified atom stereocenters. The Balaban J connectivity index is 1.85. The summed E-state index contributed by atoms with van der Waals surface area (Å²) in [4.78, 5) is 34.0. The molecule has 3 rings (SSSR count). The quantitative estimate of drug-likeness (QED) is 0.802. The van der Waals surface area contributed by atoms with E-state index in [1.165, 1.54) is 34.1 Å². The SMILES string of the molecule is C[C@H]1C(=O)N(Cc2ccnc(N(C)C)c2)C(=O)N1c1ccc(F)cc1. The van der Waals surface area contributed by atoms with E-state index in [-0.39, 0.29) is 18.3 Å². The van der Waals surface area contributed by atoms with E-state index in [0.29, 0.717) is 5.69 Å². The summed E-state index contributed by atoms with van der Waals surface area (Å²) in [5.74, 6) is 0.0804. The van der Waals surface area contributed by atoms with Crippen molar-refractivity contribution in [2.45, 2.75) is 19.5 Å². The normalized spacial score (nSPS) is 17.4. The highest BCUT2D eigenvalue weighted by molar-refractivity contribution is 6.13. The number of halogens is 1. The molecular formula is C18H19FN4O2. The van der Waals surface area contributed by atoms with Gasteiger partial charge in [0.15, 0.2) is 0 Å². The monoisotopic (exact) mass is 342 g/mol. The van der Waals surface area contributed by atoms with Crippen LogP contribution < -0.4 is 9.80 Å². The van der Waals surface area contributed by atoms with Gasteiger partial charge in [-0.2, -0.15) is 0 Å². The highest BCUT2D eigenvalue weighted by Crippen LogP contribution is 2.27. The van der Waals surface area contributed by atoms with Crippen LogP contribution in [0.25, 0.3) is 0 Å². The van der Waals surface area contributed by atoms with Gasteiger partial charge in [0.05, 0.1) is 6.54 Å². The summed E-state index contributed by atoms with van der Waals surface area (Å²) in [5, 5.41) is 0. The lowest BCUT2D eigenvalue weighted by molar-refractivity contribution is -0.127. The summed E-state index contributed by atoms with van der Waals surface area (Å²) < 4.78 is 13.1. The summed E-state index contributed by atoms with van der Waals surface area (Å²) >= 11 is 0. The lowest BCUT2D eigenvalue weighted by Crippen LogP contribution is -2.33. The molecule has 1 saturated heterocycles. The summed E-state index contributed by atoms with van der Waals surface area (Å²) in [6, 6.07) is 8.11. The first-order valence-corrected chi connectivity index (χ1v) is 7.91. The molecule has 0 radical (unpaired) electrons. The molecule has 130 valence electrons. The maximum Gasteiger partial charge on any atom is 0.332 e. The maximum absolute atomic E-state index is 13.1. The van der Waals surface area contributed by atoms with E-state index < -0.39 is 12.1 Å². The number of urea groups is 1. The van der Waals surface area contributed by atoms with Crippen LogP contribution in [0.5, 0.6) is 0 Å². The molecule has 0 aliphatic carbocycles. The minimum atomic E-state index is -0.631. The summed E-state index contributed by atoms with van der Waals surface area (Å²) in [6.45, 7) is 1.84. The van der Waals surface area contributed by atoms with Gasteiger partial charge in [0.2, 0.25) is 0 Å². The van der Waals surface area contributed by atoms with Gasteiger partial charge in [-0.25, -0.2) is 14.2 Å². The van der Waals surface area contributed by atoms with Gasteiger partial charge in [-0.15, -0.1) is 0 Å². The van der Waals surface area contributed by atoms with Crippen molar-refractivity contribution in [2.75, 3.05) is 23.9 Å². The third kappa shape index (κ3) is 3.17. The van der Waals surface area contributed by atoms with Crippen LogP contribution in [-0.4, -0.2) is 42.0 Å². The van der Waals surface area contributed by atoms with Gasteiger partial charge in [0.25, 0.3) is 5.91 Å². The number of hydrogen-bond acceptors (Lipinski definition) is 4. The van der Waals surface area contributed by atoms with Gasteiger partial charge < -0.3 is 4.90 Å². The molecule has 6 nitrogen and oxygen atoms in total. The van der Waals surface area contributed by atoms with Gasteiger partial charge in [0.1, 0.15) is 17.7 Å². The van der Waals surface area contributed by atoms with Crippen LogP contribution in [0.3, 0.4) is 0 Å². The number of aromatic nitrogens is 1. The molecule has 1 aliphatic heterocycles. The molecular weight excluding hydrogens is 323 g/mol. The molecule has 0 saturated carbocycles. The number of hydrogen-bond donors (Lipinski definition) is 0. The van der Waals surface area contributed by atoms with Crippen molar-refractivity contribution in [1.29, 1.82) is 0 Å². The van der Waals surface area contributed by atoms with Gasteiger partial charge in [-0.05, 0) is 48.9 Å². The number of rotatable bonds is 4. The van der Waals surface area contributed by atoms with Crippen molar-refractivity contribution in [3.8, 4) is 0 Å². The fourth-order valence-corrected chi connectivity index (χ4v) is 2.79. The lowest BCUT2D eigenvalue weighted by atomic mass is 10.2. The van der Waals surface area contributed by atoms with E-state index in [1.807, 2.05) is 25.1 Å². The molecule has 0 spiro atoms. The maximum atomic E-state index is 13.1. The van der Waals surface area contributed by atoms with Crippen LogP contribution in [0.1, 0.15) is 12.5 Å². The highest BCUT2D eigenvalue weighted by Gasteiger charge is 2.43. The first-order chi connectivity index (χ1) is 11.9. The van der Waals surface area contributed by atoms with Crippen LogP contribution in [-0.2, 0) is 11.3 Å². The molecule has 1 fully saturated rings. The number of carbonyl (C=O) groups is 2. The van der Waals surface area contributed by atoms with Gasteiger partial charge in [-0.3, -0.25) is 14.6 Å². The number of pyridine rings is 1.